The zero-order chi connectivity index (χ0) is 21.4. The van der Waals surface area contributed by atoms with E-state index in [9.17, 15) is 9.59 Å². The molecule has 0 saturated heterocycles. The number of carbonyl (C=O) groups is 2. The van der Waals surface area contributed by atoms with Gasteiger partial charge in [0.1, 0.15) is 5.75 Å². The summed E-state index contributed by atoms with van der Waals surface area (Å²) in [4.78, 5) is 24.3. The maximum Gasteiger partial charge on any atom is 0.331 e. The number of methoxy groups -OCH3 is 3. The second-order valence-corrected chi connectivity index (χ2v) is 6.28. The molecule has 0 aliphatic rings. The number of halogens is 1. The first-order chi connectivity index (χ1) is 13.9. The summed E-state index contributed by atoms with van der Waals surface area (Å²) in [6.07, 6.45) is 1.71. The monoisotopic (exact) mass is 419 g/mol. The van der Waals surface area contributed by atoms with Gasteiger partial charge in [0, 0.05) is 17.8 Å². The van der Waals surface area contributed by atoms with Gasteiger partial charge in [-0.15, -0.1) is 0 Å². The molecule has 0 unspecified atom stereocenters. The molecular weight excluding hydrogens is 398 g/mol. The summed E-state index contributed by atoms with van der Waals surface area (Å²) in [6.45, 7) is 1.48. The van der Waals surface area contributed by atoms with E-state index in [0.29, 0.717) is 33.5 Å². The van der Waals surface area contributed by atoms with Gasteiger partial charge in [-0.1, -0.05) is 17.7 Å². The van der Waals surface area contributed by atoms with E-state index in [1.54, 1.807) is 36.4 Å². The largest absolute Gasteiger partial charge is 0.497 e. The Morgan fingerprint density at radius 3 is 2.48 bits per heavy atom. The summed E-state index contributed by atoms with van der Waals surface area (Å²) in [6, 6.07) is 10.1. The lowest BCUT2D eigenvalue weighted by Gasteiger charge is -2.13. The van der Waals surface area contributed by atoms with E-state index in [1.165, 1.54) is 40.4 Å². The SMILES string of the molecule is COc1cccc(NC(=O)[C@@H](C)OC(=O)/C=C/c2cc(Cl)c(OC)c(OC)c2)c1. The Morgan fingerprint density at radius 2 is 1.83 bits per heavy atom. The normalized spacial score (nSPS) is 11.6. The molecule has 0 bridgehead atoms. The molecule has 2 aromatic carbocycles. The van der Waals surface area contributed by atoms with Gasteiger partial charge in [-0.3, -0.25) is 4.79 Å². The quantitative estimate of drug-likeness (QED) is 0.515. The molecule has 29 heavy (non-hydrogen) atoms. The van der Waals surface area contributed by atoms with Crippen LogP contribution in [0, 0.1) is 0 Å². The van der Waals surface area contributed by atoms with Gasteiger partial charge < -0.3 is 24.3 Å². The van der Waals surface area contributed by atoms with E-state index >= 15 is 0 Å². The fourth-order valence-corrected chi connectivity index (χ4v) is 2.71. The highest BCUT2D eigenvalue weighted by Gasteiger charge is 2.17. The number of benzene rings is 2. The van der Waals surface area contributed by atoms with Crippen LogP contribution >= 0.6 is 11.6 Å². The van der Waals surface area contributed by atoms with E-state index in [4.69, 9.17) is 30.5 Å². The van der Waals surface area contributed by atoms with Crippen LogP contribution in [0.15, 0.2) is 42.5 Å². The molecule has 154 valence electrons. The number of ether oxygens (including phenoxy) is 4. The Kier molecular flexibility index (Phi) is 7.91. The molecule has 2 aromatic rings. The second-order valence-electron chi connectivity index (χ2n) is 5.87. The smallest absolute Gasteiger partial charge is 0.331 e. The maximum atomic E-state index is 12.2. The molecule has 0 heterocycles. The summed E-state index contributed by atoms with van der Waals surface area (Å²) in [5.41, 5.74) is 1.14. The predicted molar refractivity (Wildman–Crippen MR) is 111 cm³/mol. The van der Waals surface area contributed by atoms with Crippen molar-refractivity contribution in [1.82, 2.24) is 0 Å². The van der Waals surface area contributed by atoms with Crippen LogP contribution in [0.1, 0.15) is 12.5 Å². The van der Waals surface area contributed by atoms with E-state index in [0.717, 1.165) is 0 Å². The topological polar surface area (TPSA) is 83.1 Å². The van der Waals surface area contributed by atoms with Gasteiger partial charge in [0.25, 0.3) is 5.91 Å². The van der Waals surface area contributed by atoms with Crippen LogP contribution in [0.25, 0.3) is 6.08 Å². The number of rotatable bonds is 8. The van der Waals surface area contributed by atoms with Gasteiger partial charge in [0.15, 0.2) is 17.6 Å². The summed E-state index contributed by atoms with van der Waals surface area (Å²) in [5, 5.41) is 3.00. The van der Waals surface area contributed by atoms with Gasteiger partial charge in [-0.05, 0) is 42.8 Å². The van der Waals surface area contributed by atoms with Crippen molar-refractivity contribution in [2.24, 2.45) is 0 Å². The number of carbonyl (C=O) groups excluding carboxylic acids is 2. The molecule has 0 aromatic heterocycles. The molecule has 1 atom stereocenters. The second kappa shape index (κ2) is 10.4. The molecule has 0 aliphatic carbocycles. The fourth-order valence-electron chi connectivity index (χ4n) is 2.41. The molecule has 2 rings (SSSR count). The van der Waals surface area contributed by atoms with Crippen LogP contribution in [0.4, 0.5) is 5.69 Å². The van der Waals surface area contributed by atoms with Crippen molar-refractivity contribution in [2.45, 2.75) is 13.0 Å². The Bertz CT molecular complexity index is 912. The van der Waals surface area contributed by atoms with E-state index in [-0.39, 0.29) is 0 Å². The lowest BCUT2D eigenvalue weighted by atomic mass is 10.2. The number of anilines is 1. The van der Waals surface area contributed by atoms with E-state index in [2.05, 4.69) is 5.32 Å². The highest BCUT2D eigenvalue weighted by atomic mass is 35.5. The number of nitrogens with one attached hydrogen (secondary N) is 1. The van der Waals surface area contributed by atoms with Crippen LogP contribution in [-0.2, 0) is 14.3 Å². The van der Waals surface area contributed by atoms with Crippen molar-refractivity contribution < 1.29 is 28.5 Å². The molecule has 1 amide bonds. The van der Waals surface area contributed by atoms with Crippen LogP contribution in [0.2, 0.25) is 5.02 Å². The summed E-state index contributed by atoms with van der Waals surface area (Å²) < 4.78 is 20.6. The van der Waals surface area contributed by atoms with Gasteiger partial charge in [0.05, 0.1) is 26.4 Å². The Hall–Kier alpha value is -3.19. The fraction of sp³-hybridized carbons (Fsp3) is 0.238. The van der Waals surface area contributed by atoms with Crippen molar-refractivity contribution in [3.63, 3.8) is 0 Å². The number of amides is 1. The van der Waals surface area contributed by atoms with Crippen LogP contribution in [-0.4, -0.2) is 39.3 Å². The molecule has 0 spiro atoms. The molecule has 0 aliphatic heterocycles. The molecule has 1 N–H and O–H groups in total. The molecule has 7 nitrogen and oxygen atoms in total. The van der Waals surface area contributed by atoms with Gasteiger partial charge >= 0.3 is 5.97 Å². The molecule has 0 radical (unpaired) electrons. The molecule has 0 fully saturated rings. The third-order valence-corrected chi connectivity index (χ3v) is 4.15. The number of hydrogen-bond acceptors (Lipinski definition) is 6. The maximum absolute atomic E-state index is 12.2. The zero-order valence-corrected chi connectivity index (χ0v) is 17.3. The zero-order valence-electron chi connectivity index (χ0n) is 16.5. The lowest BCUT2D eigenvalue weighted by Crippen LogP contribution is -2.29. The van der Waals surface area contributed by atoms with Crippen molar-refractivity contribution in [1.29, 1.82) is 0 Å². The predicted octanol–water partition coefficient (Wildman–Crippen LogP) is 3.95. The molecule has 8 heteroatoms. The third kappa shape index (κ3) is 6.15. The molecular formula is C21H22ClNO6. The van der Waals surface area contributed by atoms with Gasteiger partial charge in [-0.2, -0.15) is 0 Å². The summed E-state index contributed by atoms with van der Waals surface area (Å²) in [7, 11) is 4.50. The Balaban J connectivity index is 1.98. The summed E-state index contributed by atoms with van der Waals surface area (Å²) in [5.74, 6) is 0.290. The number of esters is 1. The average Bonchev–Trinajstić information content (AvgIpc) is 2.71. The molecule has 0 saturated carbocycles. The summed E-state index contributed by atoms with van der Waals surface area (Å²) >= 11 is 6.14. The van der Waals surface area contributed by atoms with Crippen molar-refractivity contribution in [3.05, 3.63) is 53.1 Å². The Labute approximate surface area is 174 Å². The van der Waals surface area contributed by atoms with E-state index < -0.39 is 18.0 Å². The average molecular weight is 420 g/mol. The first-order valence-corrected chi connectivity index (χ1v) is 9.00. The minimum absolute atomic E-state index is 0.339. The van der Waals surface area contributed by atoms with Crippen LogP contribution < -0.4 is 19.5 Å². The lowest BCUT2D eigenvalue weighted by molar-refractivity contribution is -0.148. The van der Waals surface area contributed by atoms with Crippen molar-refractivity contribution in [2.75, 3.05) is 26.6 Å². The minimum Gasteiger partial charge on any atom is -0.497 e. The van der Waals surface area contributed by atoms with Gasteiger partial charge in [-0.25, -0.2) is 4.79 Å². The van der Waals surface area contributed by atoms with Gasteiger partial charge in [0.2, 0.25) is 0 Å². The van der Waals surface area contributed by atoms with Crippen LogP contribution in [0.5, 0.6) is 17.2 Å². The first kappa shape index (κ1) is 22.1. The standard InChI is InChI=1S/C21H22ClNO6/c1-13(21(25)23-15-6-5-7-16(12-15)26-2)29-19(24)9-8-14-10-17(22)20(28-4)18(11-14)27-3/h5-13H,1-4H3,(H,23,25)/b9-8+/t13-/m1/s1. The minimum atomic E-state index is -0.993. The Morgan fingerprint density at radius 1 is 1.07 bits per heavy atom. The highest BCUT2D eigenvalue weighted by Crippen LogP contribution is 2.36. The van der Waals surface area contributed by atoms with Crippen molar-refractivity contribution in [3.8, 4) is 17.2 Å². The van der Waals surface area contributed by atoms with E-state index in [1.807, 2.05) is 0 Å². The first-order valence-electron chi connectivity index (χ1n) is 8.63. The third-order valence-electron chi connectivity index (χ3n) is 3.87. The highest BCUT2D eigenvalue weighted by molar-refractivity contribution is 6.32. The number of hydrogen-bond donors (Lipinski definition) is 1. The van der Waals surface area contributed by atoms with Crippen molar-refractivity contribution >= 4 is 35.2 Å². The van der Waals surface area contributed by atoms with Crippen LogP contribution in [0.3, 0.4) is 0 Å².